The molecule has 1 unspecified atom stereocenters. The van der Waals surface area contributed by atoms with E-state index in [4.69, 9.17) is 23.2 Å². The van der Waals surface area contributed by atoms with Gasteiger partial charge >= 0.3 is 17.8 Å². The van der Waals surface area contributed by atoms with Crippen LogP contribution in [0.3, 0.4) is 0 Å². The molecule has 0 aliphatic carbocycles. The maximum atomic E-state index is 14.0. The van der Waals surface area contributed by atoms with Crippen molar-refractivity contribution >= 4 is 40.9 Å². The molecule has 1 heterocycles. The fraction of sp³-hybridized carbons (Fsp3) is 0.235. The molecular formula is C17H14Cl2F3N3O3. The molecule has 0 saturated heterocycles. The molecule has 11 heteroatoms. The normalized spacial score (nSPS) is 13.4. The Morgan fingerprint density at radius 3 is 2.39 bits per heavy atom. The van der Waals surface area contributed by atoms with Gasteiger partial charge in [-0.15, -0.1) is 0 Å². The van der Waals surface area contributed by atoms with Crippen molar-refractivity contribution in [2.24, 2.45) is 0 Å². The first kappa shape index (κ1) is 21.8. The predicted octanol–water partition coefficient (Wildman–Crippen LogP) is 3.97. The van der Waals surface area contributed by atoms with E-state index in [0.717, 1.165) is 19.4 Å². The lowest BCUT2D eigenvalue weighted by Gasteiger charge is -2.34. The third-order valence-electron chi connectivity index (χ3n) is 3.61. The Morgan fingerprint density at radius 2 is 1.86 bits per heavy atom. The van der Waals surface area contributed by atoms with E-state index in [2.05, 4.69) is 9.72 Å². The zero-order chi connectivity index (χ0) is 21.1. The van der Waals surface area contributed by atoms with Gasteiger partial charge < -0.3 is 15.4 Å². The molecule has 1 amide bonds. The van der Waals surface area contributed by atoms with E-state index in [-0.39, 0.29) is 15.6 Å². The van der Waals surface area contributed by atoms with Gasteiger partial charge in [-0.3, -0.25) is 4.79 Å². The number of hydrogen-bond acceptors (Lipinski definition) is 5. The van der Waals surface area contributed by atoms with Gasteiger partial charge in [0.1, 0.15) is 5.82 Å². The molecule has 0 aliphatic rings. The standard InChI is InChI=1S/C17H14Cl2F3N3O3/c1-9-4-3-5-10(6-9)14(26)25-16(15(27)28-2,17(20,21)22)24-13-12(19)7-11(18)8-23-13/h3-8H,1-2H3,(H,23,24)(H,25,26). The monoisotopic (exact) mass is 435 g/mol. The van der Waals surface area contributed by atoms with Crippen LogP contribution in [-0.4, -0.2) is 35.8 Å². The number of methoxy groups -OCH3 is 1. The maximum absolute atomic E-state index is 14.0. The summed E-state index contributed by atoms with van der Waals surface area (Å²) in [5.74, 6) is -3.50. The number of aromatic nitrogens is 1. The molecule has 1 aromatic heterocycles. The van der Waals surface area contributed by atoms with E-state index < -0.39 is 29.5 Å². The smallest absolute Gasteiger partial charge is 0.441 e. The first-order valence-corrected chi connectivity index (χ1v) is 8.39. The zero-order valence-corrected chi connectivity index (χ0v) is 16.0. The van der Waals surface area contributed by atoms with Gasteiger partial charge in [-0.2, -0.15) is 13.2 Å². The number of benzene rings is 1. The summed E-state index contributed by atoms with van der Waals surface area (Å²) in [6.07, 6.45) is -4.29. The van der Waals surface area contributed by atoms with Gasteiger partial charge in [0.05, 0.1) is 17.2 Å². The number of amides is 1. The summed E-state index contributed by atoms with van der Waals surface area (Å²) in [5, 5.41) is 3.30. The van der Waals surface area contributed by atoms with Crippen molar-refractivity contribution in [2.45, 2.75) is 18.8 Å². The Kier molecular flexibility index (Phi) is 6.41. The van der Waals surface area contributed by atoms with E-state index in [1.165, 1.54) is 18.2 Å². The third kappa shape index (κ3) is 4.48. The minimum Gasteiger partial charge on any atom is -0.466 e. The van der Waals surface area contributed by atoms with Gasteiger partial charge in [-0.1, -0.05) is 40.9 Å². The molecule has 0 radical (unpaired) electrons. The summed E-state index contributed by atoms with van der Waals surface area (Å²) in [5.41, 5.74) is -3.10. The summed E-state index contributed by atoms with van der Waals surface area (Å²) in [4.78, 5) is 28.3. The van der Waals surface area contributed by atoms with Gasteiger partial charge in [-0.25, -0.2) is 9.78 Å². The SMILES string of the molecule is COC(=O)C(NC(=O)c1cccc(C)c1)(Nc1ncc(Cl)cc1Cl)C(F)(F)F. The largest absolute Gasteiger partial charge is 0.466 e. The van der Waals surface area contributed by atoms with Gasteiger partial charge in [-0.05, 0) is 25.1 Å². The quantitative estimate of drug-likeness (QED) is 0.548. The summed E-state index contributed by atoms with van der Waals surface area (Å²) in [7, 11) is 0.750. The highest BCUT2D eigenvalue weighted by molar-refractivity contribution is 6.36. The molecule has 2 aromatic rings. The number of carbonyl (C=O) groups excluding carboxylic acids is 2. The van der Waals surface area contributed by atoms with Crippen LogP contribution in [0.5, 0.6) is 0 Å². The first-order chi connectivity index (χ1) is 13.0. The Labute approximate surface area is 168 Å². The van der Waals surface area contributed by atoms with E-state index in [0.29, 0.717) is 5.56 Å². The average Bonchev–Trinajstić information content (AvgIpc) is 2.61. The van der Waals surface area contributed by atoms with Crippen LogP contribution < -0.4 is 10.6 Å². The summed E-state index contributed by atoms with van der Waals surface area (Å²) >= 11 is 11.6. The van der Waals surface area contributed by atoms with E-state index >= 15 is 0 Å². The highest BCUT2D eigenvalue weighted by Gasteiger charge is 2.64. The van der Waals surface area contributed by atoms with Crippen LogP contribution in [-0.2, 0) is 9.53 Å². The number of anilines is 1. The van der Waals surface area contributed by atoms with Crippen molar-refractivity contribution in [3.63, 3.8) is 0 Å². The zero-order valence-electron chi connectivity index (χ0n) is 14.5. The van der Waals surface area contributed by atoms with Gasteiger partial charge in [0.25, 0.3) is 5.91 Å². The number of nitrogens with one attached hydrogen (secondary N) is 2. The summed E-state index contributed by atoms with van der Waals surface area (Å²) < 4.78 is 46.3. The second kappa shape index (κ2) is 8.24. The molecular weight excluding hydrogens is 422 g/mol. The van der Waals surface area contributed by atoms with Crippen LogP contribution in [0.25, 0.3) is 0 Å². The first-order valence-electron chi connectivity index (χ1n) is 7.63. The molecule has 1 atom stereocenters. The van der Waals surface area contributed by atoms with Crippen molar-refractivity contribution < 1.29 is 27.5 Å². The lowest BCUT2D eigenvalue weighted by Crippen LogP contribution is -2.69. The summed E-state index contributed by atoms with van der Waals surface area (Å²) in [6.45, 7) is 1.66. The topological polar surface area (TPSA) is 80.3 Å². The van der Waals surface area contributed by atoms with Crippen LogP contribution in [0.2, 0.25) is 10.0 Å². The van der Waals surface area contributed by atoms with E-state index in [1.54, 1.807) is 18.3 Å². The van der Waals surface area contributed by atoms with Crippen LogP contribution >= 0.6 is 23.2 Å². The Hall–Kier alpha value is -2.52. The molecule has 150 valence electrons. The van der Waals surface area contributed by atoms with Crippen LogP contribution in [0, 0.1) is 6.92 Å². The lowest BCUT2D eigenvalue weighted by atomic mass is 10.1. The Balaban J connectivity index is 2.54. The van der Waals surface area contributed by atoms with Crippen molar-refractivity contribution in [1.82, 2.24) is 10.3 Å². The number of esters is 1. The van der Waals surface area contributed by atoms with Gasteiger partial charge in [0.2, 0.25) is 0 Å². The number of halogens is 5. The second-order valence-electron chi connectivity index (χ2n) is 5.67. The molecule has 2 rings (SSSR count). The lowest BCUT2D eigenvalue weighted by molar-refractivity contribution is -0.203. The fourth-order valence-corrected chi connectivity index (χ4v) is 2.68. The molecule has 2 N–H and O–H groups in total. The van der Waals surface area contributed by atoms with Crippen molar-refractivity contribution in [3.8, 4) is 0 Å². The van der Waals surface area contributed by atoms with Crippen molar-refractivity contribution in [2.75, 3.05) is 12.4 Å². The number of carbonyl (C=O) groups is 2. The van der Waals surface area contributed by atoms with E-state index in [1.807, 2.05) is 5.32 Å². The number of nitrogens with zero attached hydrogens (tertiary/aromatic N) is 1. The molecule has 0 bridgehead atoms. The third-order valence-corrected chi connectivity index (χ3v) is 4.11. The number of alkyl halides is 3. The van der Waals surface area contributed by atoms with Gasteiger partial charge in [0, 0.05) is 11.8 Å². The number of pyridine rings is 1. The molecule has 0 spiro atoms. The predicted molar refractivity (Wildman–Crippen MR) is 97.3 cm³/mol. The van der Waals surface area contributed by atoms with Gasteiger partial charge in [0.15, 0.2) is 0 Å². The Morgan fingerprint density at radius 1 is 1.18 bits per heavy atom. The number of ether oxygens (including phenoxy) is 1. The average molecular weight is 436 g/mol. The van der Waals surface area contributed by atoms with Crippen LogP contribution in [0.1, 0.15) is 15.9 Å². The Bertz CT molecular complexity index is 909. The number of aryl methyl sites for hydroxylation is 1. The second-order valence-corrected chi connectivity index (χ2v) is 6.52. The highest BCUT2D eigenvalue weighted by atomic mass is 35.5. The van der Waals surface area contributed by atoms with Crippen molar-refractivity contribution in [1.29, 1.82) is 0 Å². The number of hydrogen-bond donors (Lipinski definition) is 2. The highest BCUT2D eigenvalue weighted by Crippen LogP contribution is 2.35. The number of rotatable bonds is 5. The molecule has 1 aromatic carbocycles. The van der Waals surface area contributed by atoms with Crippen LogP contribution in [0.15, 0.2) is 36.5 Å². The molecule has 0 saturated carbocycles. The fourth-order valence-electron chi connectivity index (χ4n) is 2.26. The minimum atomic E-state index is -5.32. The van der Waals surface area contributed by atoms with Crippen LogP contribution in [0.4, 0.5) is 19.0 Å². The molecule has 28 heavy (non-hydrogen) atoms. The maximum Gasteiger partial charge on any atom is 0.441 e. The van der Waals surface area contributed by atoms with E-state index in [9.17, 15) is 22.8 Å². The minimum absolute atomic E-state index is 0.0648. The van der Waals surface area contributed by atoms with Crippen molar-refractivity contribution in [3.05, 3.63) is 57.7 Å². The molecule has 0 fully saturated rings. The summed E-state index contributed by atoms with van der Waals surface area (Å²) in [6, 6.07) is 6.93. The molecule has 0 aliphatic heterocycles. The molecule has 6 nitrogen and oxygen atoms in total.